The molecule has 6 heteroatoms. The summed E-state index contributed by atoms with van der Waals surface area (Å²) in [4.78, 5) is 12.3. The number of carbonyl (C=O) groups excluding carboxylic acids is 1. The van der Waals surface area contributed by atoms with Gasteiger partial charge in [-0.05, 0) is 37.0 Å². The van der Waals surface area contributed by atoms with Gasteiger partial charge < -0.3 is 5.32 Å². The molecule has 1 aromatic rings. The number of sulfonamides is 1. The smallest absolute Gasteiger partial charge is 0.243 e. The largest absolute Gasteiger partial charge is 0.352 e. The predicted octanol–water partition coefficient (Wildman–Crippen LogP) is 2.91. The summed E-state index contributed by atoms with van der Waals surface area (Å²) in [5, 5.41) is 2.91. The van der Waals surface area contributed by atoms with Crippen LogP contribution in [0.25, 0.3) is 0 Å². The molecule has 134 valence electrons. The molecule has 1 unspecified atom stereocenters. The Kier molecular flexibility index (Phi) is 6.80. The normalized spacial score (nSPS) is 17.4. The van der Waals surface area contributed by atoms with Crippen molar-refractivity contribution in [1.29, 1.82) is 0 Å². The first-order valence-corrected chi connectivity index (χ1v) is 10.3. The summed E-state index contributed by atoms with van der Waals surface area (Å²) in [6.45, 7) is 5.63. The first-order chi connectivity index (χ1) is 11.4. The molecule has 24 heavy (non-hydrogen) atoms. The number of rotatable bonds is 7. The Balaban J connectivity index is 1.96. The molecule has 0 radical (unpaired) electrons. The molecular weight excluding hydrogens is 324 g/mol. The maximum atomic E-state index is 12.6. The summed E-state index contributed by atoms with van der Waals surface area (Å²) < 4.78 is 26.7. The number of benzene rings is 1. The highest BCUT2D eigenvalue weighted by atomic mass is 32.2. The summed E-state index contributed by atoms with van der Waals surface area (Å²) in [5.41, 5.74) is 0.907. The molecule has 0 aromatic heterocycles. The third kappa shape index (κ3) is 4.80. The van der Waals surface area contributed by atoms with Gasteiger partial charge in [-0.25, -0.2) is 8.42 Å². The molecule has 1 N–H and O–H groups in total. The van der Waals surface area contributed by atoms with E-state index in [1.54, 1.807) is 28.6 Å². The van der Waals surface area contributed by atoms with E-state index in [1.165, 1.54) is 0 Å². The molecule has 1 amide bonds. The van der Waals surface area contributed by atoms with Gasteiger partial charge in [0.1, 0.15) is 0 Å². The summed E-state index contributed by atoms with van der Waals surface area (Å²) >= 11 is 0. The van der Waals surface area contributed by atoms with E-state index in [2.05, 4.69) is 12.2 Å². The van der Waals surface area contributed by atoms with E-state index in [0.717, 1.165) is 37.7 Å². The Morgan fingerprint density at radius 1 is 1.17 bits per heavy atom. The molecule has 1 saturated heterocycles. The lowest BCUT2D eigenvalue weighted by Crippen LogP contribution is -2.35. The third-order valence-corrected chi connectivity index (χ3v) is 6.43. The van der Waals surface area contributed by atoms with Gasteiger partial charge in [-0.1, -0.05) is 38.8 Å². The first-order valence-electron chi connectivity index (χ1n) is 8.82. The number of amides is 1. The van der Waals surface area contributed by atoms with Crippen molar-refractivity contribution < 1.29 is 13.2 Å². The van der Waals surface area contributed by atoms with Gasteiger partial charge >= 0.3 is 0 Å². The van der Waals surface area contributed by atoms with Crippen LogP contribution < -0.4 is 5.32 Å². The minimum Gasteiger partial charge on any atom is -0.352 e. The van der Waals surface area contributed by atoms with Crippen LogP contribution in [0.4, 0.5) is 0 Å². The average Bonchev–Trinajstić information content (AvgIpc) is 2.61. The van der Waals surface area contributed by atoms with Crippen molar-refractivity contribution in [2.24, 2.45) is 5.92 Å². The number of carbonyl (C=O) groups is 1. The van der Waals surface area contributed by atoms with Crippen molar-refractivity contribution in [3.8, 4) is 0 Å². The molecule has 1 aliphatic heterocycles. The van der Waals surface area contributed by atoms with Crippen LogP contribution in [0.5, 0.6) is 0 Å². The zero-order valence-corrected chi connectivity index (χ0v) is 15.4. The van der Waals surface area contributed by atoms with E-state index >= 15 is 0 Å². The SMILES string of the molecule is CCCC(C)C(=O)NCc1ccc(S(=O)(=O)N2CCCCC2)cc1. The molecular formula is C18H28N2O3S. The molecule has 1 aromatic carbocycles. The molecule has 2 rings (SSSR count). The Morgan fingerprint density at radius 3 is 2.38 bits per heavy atom. The van der Waals surface area contributed by atoms with Crippen LogP contribution in [0.15, 0.2) is 29.2 Å². The lowest BCUT2D eigenvalue weighted by Gasteiger charge is -2.25. The average molecular weight is 353 g/mol. The number of nitrogens with zero attached hydrogens (tertiary/aromatic N) is 1. The van der Waals surface area contributed by atoms with Crippen molar-refractivity contribution in [2.45, 2.75) is 57.4 Å². The highest BCUT2D eigenvalue weighted by molar-refractivity contribution is 7.89. The van der Waals surface area contributed by atoms with Gasteiger partial charge in [0.05, 0.1) is 4.90 Å². The van der Waals surface area contributed by atoms with Gasteiger partial charge in [-0.15, -0.1) is 0 Å². The quantitative estimate of drug-likeness (QED) is 0.820. The monoisotopic (exact) mass is 352 g/mol. The molecule has 1 atom stereocenters. The second kappa shape index (κ2) is 8.62. The molecule has 0 bridgehead atoms. The summed E-state index contributed by atoms with van der Waals surface area (Å²) in [6.07, 6.45) is 4.82. The number of hydrogen-bond acceptors (Lipinski definition) is 3. The Morgan fingerprint density at radius 2 is 1.79 bits per heavy atom. The zero-order valence-electron chi connectivity index (χ0n) is 14.6. The second-order valence-corrected chi connectivity index (χ2v) is 8.45. The maximum absolute atomic E-state index is 12.6. The number of piperidine rings is 1. The van der Waals surface area contributed by atoms with E-state index in [9.17, 15) is 13.2 Å². The van der Waals surface area contributed by atoms with Gasteiger partial charge in [-0.3, -0.25) is 4.79 Å². The van der Waals surface area contributed by atoms with Crippen LogP contribution in [0.3, 0.4) is 0 Å². The van der Waals surface area contributed by atoms with E-state index in [1.807, 2.05) is 6.92 Å². The van der Waals surface area contributed by atoms with Crippen molar-refractivity contribution in [1.82, 2.24) is 9.62 Å². The van der Waals surface area contributed by atoms with Crippen LogP contribution >= 0.6 is 0 Å². The molecule has 0 saturated carbocycles. The Labute approximate surface area is 145 Å². The lowest BCUT2D eigenvalue weighted by atomic mass is 10.1. The maximum Gasteiger partial charge on any atom is 0.243 e. The van der Waals surface area contributed by atoms with Crippen LogP contribution in [0.2, 0.25) is 0 Å². The highest BCUT2D eigenvalue weighted by Gasteiger charge is 2.25. The van der Waals surface area contributed by atoms with E-state index < -0.39 is 10.0 Å². The fourth-order valence-electron chi connectivity index (χ4n) is 2.96. The van der Waals surface area contributed by atoms with Crippen molar-refractivity contribution >= 4 is 15.9 Å². The van der Waals surface area contributed by atoms with Gasteiger partial charge in [0.15, 0.2) is 0 Å². The van der Waals surface area contributed by atoms with Crippen LogP contribution in [0.1, 0.15) is 51.5 Å². The predicted molar refractivity (Wildman–Crippen MR) is 95.0 cm³/mol. The van der Waals surface area contributed by atoms with Crippen molar-refractivity contribution in [3.05, 3.63) is 29.8 Å². The lowest BCUT2D eigenvalue weighted by molar-refractivity contribution is -0.124. The molecule has 1 aliphatic rings. The topological polar surface area (TPSA) is 66.5 Å². The third-order valence-electron chi connectivity index (χ3n) is 4.51. The number of hydrogen-bond donors (Lipinski definition) is 1. The molecule has 0 aliphatic carbocycles. The van der Waals surface area contributed by atoms with E-state index in [0.29, 0.717) is 24.5 Å². The van der Waals surface area contributed by atoms with Crippen molar-refractivity contribution in [2.75, 3.05) is 13.1 Å². The fraction of sp³-hybridized carbons (Fsp3) is 0.611. The molecule has 1 fully saturated rings. The standard InChI is InChI=1S/C18H28N2O3S/c1-3-7-15(2)18(21)19-14-16-8-10-17(11-9-16)24(22,23)20-12-5-4-6-13-20/h8-11,15H,3-7,12-14H2,1-2H3,(H,19,21). The summed E-state index contributed by atoms with van der Waals surface area (Å²) in [5.74, 6) is 0.0515. The van der Waals surface area contributed by atoms with Gasteiger partial charge in [0.25, 0.3) is 0 Å². The van der Waals surface area contributed by atoms with Crippen LogP contribution in [-0.2, 0) is 21.4 Å². The zero-order chi connectivity index (χ0) is 17.6. The van der Waals surface area contributed by atoms with E-state index in [-0.39, 0.29) is 11.8 Å². The molecule has 1 heterocycles. The second-order valence-electron chi connectivity index (χ2n) is 6.52. The van der Waals surface area contributed by atoms with Crippen LogP contribution in [0, 0.1) is 5.92 Å². The minimum absolute atomic E-state index is 0.00810. The summed E-state index contributed by atoms with van der Waals surface area (Å²) in [7, 11) is -3.38. The molecule has 0 spiro atoms. The Hall–Kier alpha value is -1.40. The summed E-state index contributed by atoms with van der Waals surface area (Å²) in [6, 6.07) is 6.84. The van der Waals surface area contributed by atoms with Crippen molar-refractivity contribution in [3.63, 3.8) is 0 Å². The number of nitrogens with one attached hydrogen (secondary N) is 1. The van der Waals surface area contributed by atoms with Gasteiger partial charge in [-0.2, -0.15) is 4.31 Å². The van der Waals surface area contributed by atoms with Gasteiger partial charge in [0, 0.05) is 25.6 Å². The molecule has 5 nitrogen and oxygen atoms in total. The minimum atomic E-state index is -3.38. The van der Waals surface area contributed by atoms with Crippen LogP contribution in [-0.4, -0.2) is 31.7 Å². The van der Waals surface area contributed by atoms with Gasteiger partial charge in [0.2, 0.25) is 15.9 Å². The highest BCUT2D eigenvalue weighted by Crippen LogP contribution is 2.20. The van der Waals surface area contributed by atoms with E-state index in [4.69, 9.17) is 0 Å². The fourth-order valence-corrected chi connectivity index (χ4v) is 4.48. The first kappa shape index (κ1) is 18.9. The Bertz CT molecular complexity index is 635.